The van der Waals surface area contributed by atoms with E-state index in [9.17, 15) is 9.59 Å². The molecular weight excluding hydrogens is 454 g/mol. The molecule has 3 amide bonds. The van der Waals surface area contributed by atoms with Crippen molar-refractivity contribution in [1.82, 2.24) is 4.90 Å². The van der Waals surface area contributed by atoms with E-state index in [1.807, 2.05) is 4.90 Å². The topological polar surface area (TPSA) is 71.1 Å². The first kappa shape index (κ1) is 25.1. The van der Waals surface area contributed by atoms with Crippen molar-refractivity contribution in [2.75, 3.05) is 37.5 Å². The van der Waals surface area contributed by atoms with Crippen LogP contribution in [0.15, 0.2) is 66.7 Å². The second-order valence-electron chi connectivity index (χ2n) is 9.18. The molecule has 7 heteroatoms. The number of carbonyl (C=O) groups is 2. The van der Waals surface area contributed by atoms with Gasteiger partial charge >= 0.3 is 6.03 Å². The van der Waals surface area contributed by atoms with Gasteiger partial charge in [-0.15, -0.1) is 0 Å². The van der Waals surface area contributed by atoms with Crippen LogP contribution in [0.3, 0.4) is 0 Å². The molecule has 0 aliphatic carbocycles. The first-order valence-electron chi connectivity index (χ1n) is 12.2. The number of ether oxygens (including phenoxy) is 2. The molecule has 1 heterocycles. The van der Waals surface area contributed by atoms with Gasteiger partial charge in [0.05, 0.1) is 19.9 Å². The second kappa shape index (κ2) is 11.2. The average molecular weight is 488 g/mol. The predicted octanol–water partition coefficient (Wildman–Crippen LogP) is 5.91. The van der Waals surface area contributed by atoms with Gasteiger partial charge in [-0.2, -0.15) is 0 Å². The van der Waals surface area contributed by atoms with Crippen LogP contribution in [0.5, 0.6) is 11.5 Å². The van der Waals surface area contributed by atoms with Crippen LogP contribution in [0.2, 0.25) is 0 Å². The average Bonchev–Trinajstić information content (AvgIpc) is 2.90. The Balaban J connectivity index is 1.53. The molecule has 0 radical (unpaired) electrons. The van der Waals surface area contributed by atoms with Crippen LogP contribution in [0.1, 0.15) is 47.7 Å². The third kappa shape index (κ3) is 5.62. The number of nitrogens with one attached hydrogen (secondary N) is 1. The Morgan fingerprint density at radius 1 is 0.972 bits per heavy atom. The van der Waals surface area contributed by atoms with Gasteiger partial charge in [0, 0.05) is 30.9 Å². The van der Waals surface area contributed by atoms with E-state index in [-0.39, 0.29) is 11.9 Å². The molecule has 0 atom stereocenters. The van der Waals surface area contributed by atoms with Crippen molar-refractivity contribution in [3.05, 3.63) is 83.4 Å². The highest BCUT2D eigenvalue weighted by Crippen LogP contribution is 2.34. The number of nitrogens with zero attached hydrogens (tertiary/aromatic N) is 2. The molecule has 188 valence electrons. The molecule has 1 aliphatic heterocycles. The van der Waals surface area contributed by atoms with Crippen LogP contribution in [-0.4, -0.2) is 44.1 Å². The Kier molecular flexibility index (Phi) is 7.78. The Bertz CT molecular complexity index is 1220. The Labute approximate surface area is 212 Å². The summed E-state index contributed by atoms with van der Waals surface area (Å²) in [6.45, 7) is 6.15. The highest BCUT2D eigenvalue weighted by molar-refractivity contribution is 6.05. The highest BCUT2D eigenvalue weighted by atomic mass is 16.5. The maximum atomic E-state index is 13.5. The fourth-order valence-corrected chi connectivity index (χ4v) is 4.33. The molecule has 3 aromatic rings. The largest absolute Gasteiger partial charge is 0.497 e. The third-order valence-corrected chi connectivity index (χ3v) is 6.39. The quantitative estimate of drug-likeness (QED) is 0.429. The molecule has 1 N–H and O–H groups in total. The van der Waals surface area contributed by atoms with Crippen LogP contribution in [-0.2, 0) is 6.54 Å². The smallest absolute Gasteiger partial charge is 0.324 e. The van der Waals surface area contributed by atoms with E-state index in [0.29, 0.717) is 54.0 Å². The number of benzene rings is 3. The SMILES string of the molecule is COc1cccc(C(=O)Nc2ccc(OC)c(N3CCCN(Cc4ccc(C(C)C)cc4)C3=O)c2)c1. The lowest BCUT2D eigenvalue weighted by molar-refractivity contribution is 0.102. The van der Waals surface area contributed by atoms with Gasteiger partial charge in [0.15, 0.2) is 0 Å². The Hall–Kier alpha value is -4.00. The molecule has 0 aromatic heterocycles. The lowest BCUT2D eigenvalue weighted by Crippen LogP contribution is -2.49. The minimum absolute atomic E-state index is 0.0799. The monoisotopic (exact) mass is 487 g/mol. The molecule has 0 spiro atoms. The Morgan fingerprint density at radius 2 is 1.75 bits per heavy atom. The number of hydrogen-bond acceptors (Lipinski definition) is 4. The number of hydrogen-bond donors (Lipinski definition) is 1. The maximum Gasteiger partial charge on any atom is 0.324 e. The Morgan fingerprint density at radius 3 is 2.44 bits per heavy atom. The van der Waals surface area contributed by atoms with Gasteiger partial charge in [-0.1, -0.05) is 44.2 Å². The summed E-state index contributed by atoms with van der Waals surface area (Å²) in [6, 6.07) is 20.7. The number of anilines is 2. The summed E-state index contributed by atoms with van der Waals surface area (Å²) in [4.78, 5) is 29.9. The van der Waals surface area contributed by atoms with Crippen molar-refractivity contribution >= 4 is 23.3 Å². The van der Waals surface area contributed by atoms with Crippen LogP contribution in [0.25, 0.3) is 0 Å². The number of urea groups is 1. The predicted molar refractivity (Wildman–Crippen MR) is 142 cm³/mol. The van der Waals surface area contributed by atoms with E-state index in [0.717, 1.165) is 12.0 Å². The van der Waals surface area contributed by atoms with Gasteiger partial charge in [-0.3, -0.25) is 9.69 Å². The van der Waals surface area contributed by atoms with Crippen LogP contribution >= 0.6 is 0 Å². The molecular formula is C29H33N3O4. The van der Waals surface area contributed by atoms with Crippen LogP contribution in [0.4, 0.5) is 16.2 Å². The van der Waals surface area contributed by atoms with E-state index >= 15 is 0 Å². The van der Waals surface area contributed by atoms with Crippen molar-refractivity contribution in [3.63, 3.8) is 0 Å². The summed E-state index contributed by atoms with van der Waals surface area (Å²) >= 11 is 0. The fourth-order valence-electron chi connectivity index (χ4n) is 4.33. The molecule has 36 heavy (non-hydrogen) atoms. The number of carbonyl (C=O) groups excluding carboxylic acids is 2. The molecule has 7 nitrogen and oxygen atoms in total. The van der Waals surface area contributed by atoms with Gasteiger partial charge < -0.3 is 19.7 Å². The van der Waals surface area contributed by atoms with Gasteiger partial charge in [-0.25, -0.2) is 4.79 Å². The van der Waals surface area contributed by atoms with E-state index in [1.54, 1.807) is 61.6 Å². The molecule has 0 unspecified atom stereocenters. The summed E-state index contributed by atoms with van der Waals surface area (Å²) in [5.74, 6) is 1.39. The minimum Gasteiger partial charge on any atom is -0.497 e. The second-order valence-corrected chi connectivity index (χ2v) is 9.18. The molecule has 1 fully saturated rings. The van der Waals surface area contributed by atoms with Gasteiger partial charge in [0.2, 0.25) is 0 Å². The third-order valence-electron chi connectivity index (χ3n) is 6.39. The van der Waals surface area contributed by atoms with Gasteiger partial charge in [0.25, 0.3) is 5.91 Å². The summed E-state index contributed by atoms with van der Waals surface area (Å²) in [5, 5.41) is 2.92. The molecule has 4 rings (SSSR count). The zero-order valence-corrected chi connectivity index (χ0v) is 21.3. The minimum atomic E-state index is -0.263. The van der Waals surface area contributed by atoms with Crippen LogP contribution in [0, 0.1) is 0 Å². The molecule has 1 aliphatic rings. The normalized spacial score (nSPS) is 13.6. The van der Waals surface area contributed by atoms with Gasteiger partial charge in [0.1, 0.15) is 11.5 Å². The van der Waals surface area contributed by atoms with Crippen molar-refractivity contribution in [1.29, 1.82) is 0 Å². The maximum absolute atomic E-state index is 13.5. The summed E-state index contributed by atoms with van der Waals surface area (Å²) in [7, 11) is 3.14. The summed E-state index contributed by atoms with van der Waals surface area (Å²) in [5.41, 5.74) is 4.07. The van der Waals surface area contributed by atoms with Crippen molar-refractivity contribution in [2.45, 2.75) is 32.7 Å². The summed E-state index contributed by atoms with van der Waals surface area (Å²) in [6.07, 6.45) is 0.833. The lowest BCUT2D eigenvalue weighted by atomic mass is 10.0. The van der Waals surface area contributed by atoms with Crippen molar-refractivity contribution in [2.24, 2.45) is 0 Å². The first-order chi connectivity index (χ1) is 17.4. The highest BCUT2D eigenvalue weighted by Gasteiger charge is 2.29. The van der Waals surface area contributed by atoms with Crippen molar-refractivity contribution < 1.29 is 19.1 Å². The molecule has 0 bridgehead atoms. The molecule has 0 saturated carbocycles. The first-order valence-corrected chi connectivity index (χ1v) is 12.2. The zero-order valence-electron chi connectivity index (χ0n) is 21.3. The zero-order chi connectivity index (χ0) is 25.7. The van der Waals surface area contributed by atoms with E-state index in [2.05, 4.69) is 43.4 Å². The number of rotatable bonds is 8. The molecule has 3 aromatic carbocycles. The molecule has 1 saturated heterocycles. The fraction of sp³-hybridized carbons (Fsp3) is 0.310. The number of methoxy groups -OCH3 is 2. The van der Waals surface area contributed by atoms with E-state index in [4.69, 9.17) is 9.47 Å². The number of amides is 3. The van der Waals surface area contributed by atoms with Gasteiger partial charge in [-0.05, 0) is 59.9 Å². The van der Waals surface area contributed by atoms with E-state index in [1.165, 1.54) is 5.56 Å². The summed E-state index contributed by atoms with van der Waals surface area (Å²) < 4.78 is 10.8. The standard InChI is InChI=1S/C29H33N3O4/c1-20(2)22-11-9-21(10-12-22)19-31-15-6-16-32(29(31)34)26-18-24(13-14-27(26)36-4)30-28(33)23-7-5-8-25(17-23)35-3/h5,7-14,17-18,20H,6,15-16,19H2,1-4H3,(H,30,33). The van der Waals surface area contributed by atoms with E-state index < -0.39 is 0 Å². The van der Waals surface area contributed by atoms with Crippen molar-refractivity contribution in [3.8, 4) is 11.5 Å². The lowest BCUT2D eigenvalue weighted by Gasteiger charge is -2.36. The van der Waals surface area contributed by atoms with Crippen LogP contribution < -0.4 is 19.7 Å².